The molecule has 10 heteroatoms. The Hall–Kier alpha value is -1.30. The molecule has 6 heterocycles. The number of carbonyl (C=O) groups is 1. The standard InChI is InChI=1S/C39H61NO9/c1-21-10-12-27-23(3)30(42-31-19-36(8)16-14-25(21)38(27,31)48-46-36)18-29(40-45-34(41)44-35(5,6)7)33-24(4)28-13-11-22(2)26-15-17-37(9)20-32(43-33)39(26,28)49-47-37/h21-28,30-33H,10-20H2,1-9H3/b40-29-/t21-,22-,23-,24-,25+,26+,27+,28+,30-,31-,32-,33+,36-,37-,38-,39-/m1/s1. The summed E-state index contributed by atoms with van der Waals surface area (Å²) in [6.07, 6.45) is 9.12. The van der Waals surface area contributed by atoms with Gasteiger partial charge in [-0.2, -0.15) is 0 Å². The summed E-state index contributed by atoms with van der Waals surface area (Å²) in [4.78, 5) is 44.2. The Morgan fingerprint density at radius 3 is 1.80 bits per heavy atom. The minimum Gasteiger partial charge on any atom is -0.427 e. The van der Waals surface area contributed by atoms with E-state index in [4.69, 9.17) is 38.6 Å². The molecule has 4 aliphatic carbocycles. The van der Waals surface area contributed by atoms with Crippen molar-refractivity contribution in [3.63, 3.8) is 0 Å². The van der Waals surface area contributed by atoms with Crippen molar-refractivity contribution < 1.29 is 43.4 Å². The molecule has 0 N–H and O–H groups in total. The van der Waals surface area contributed by atoms with Crippen molar-refractivity contribution in [2.75, 3.05) is 0 Å². The predicted octanol–water partition coefficient (Wildman–Crippen LogP) is 8.10. The molecule has 49 heavy (non-hydrogen) atoms. The first-order valence-corrected chi connectivity index (χ1v) is 19.6. The summed E-state index contributed by atoms with van der Waals surface area (Å²) in [7, 11) is 0. The molecule has 0 aromatic carbocycles. The molecule has 0 radical (unpaired) electrons. The number of hydrogen-bond donors (Lipinski definition) is 0. The van der Waals surface area contributed by atoms with E-state index in [2.05, 4.69) is 46.7 Å². The van der Waals surface area contributed by atoms with Crippen LogP contribution in [-0.2, 0) is 38.6 Å². The van der Waals surface area contributed by atoms with Gasteiger partial charge in [-0.1, -0.05) is 32.9 Å². The van der Waals surface area contributed by atoms with Gasteiger partial charge in [0.05, 0.1) is 24.0 Å². The number of oxime groups is 1. The minimum absolute atomic E-state index is 0.0629. The number of nitrogens with zero attached hydrogens (tertiary/aromatic N) is 1. The van der Waals surface area contributed by atoms with E-state index in [1.807, 2.05) is 20.8 Å². The van der Waals surface area contributed by atoms with Crippen LogP contribution < -0.4 is 0 Å². The van der Waals surface area contributed by atoms with Gasteiger partial charge in [-0.25, -0.2) is 24.3 Å². The number of hydrogen-bond acceptors (Lipinski definition) is 10. The van der Waals surface area contributed by atoms with E-state index in [1.54, 1.807) is 0 Å². The molecule has 0 amide bonds. The Kier molecular flexibility index (Phi) is 8.41. The second-order valence-corrected chi connectivity index (χ2v) is 19.2. The molecule has 10 aliphatic rings. The second kappa shape index (κ2) is 11.9. The molecule has 0 aromatic heterocycles. The van der Waals surface area contributed by atoms with Gasteiger partial charge in [0.2, 0.25) is 0 Å². The molecule has 6 aliphatic heterocycles. The number of rotatable bonds is 4. The van der Waals surface area contributed by atoms with Gasteiger partial charge in [-0.3, -0.25) is 4.84 Å². The Balaban J connectivity index is 1.13. The Bertz CT molecular complexity index is 1330. The van der Waals surface area contributed by atoms with Crippen molar-refractivity contribution in [1.29, 1.82) is 0 Å². The lowest BCUT2D eigenvalue weighted by molar-refractivity contribution is -0.487. The first kappa shape index (κ1) is 34.8. The summed E-state index contributed by atoms with van der Waals surface area (Å²) in [5, 5.41) is 4.65. The SMILES string of the molecule is C[C@H]1[C@@H](/C(C[C@H]2O[C@@H]3C[C@@]4(C)CC[C@H]5[C@H](C)CC[C@@H]([C@H]2C)[C@@]35OO4)=N\OC(=O)OC(C)(C)C)O[C@@H]2C[C@@]3(C)CC[C@H]4[C@H](C)CC[C@@H]1[C@@]24OO3. The summed E-state index contributed by atoms with van der Waals surface area (Å²) in [6, 6.07) is 0. The fourth-order valence-corrected chi connectivity index (χ4v) is 12.4. The van der Waals surface area contributed by atoms with E-state index < -0.39 is 28.6 Å². The molecule has 0 aromatic rings. The van der Waals surface area contributed by atoms with Crippen molar-refractivity contribution >= 4 is 11.9 Å². The highest BCUT2D eigenvalue weighted by molar-refractivity contribution is 5.89. The quantitative estimate of drug-likeness (QED) is 0.0954. The van der Waals surface area contributed by atoms with Gasteiger partial charge in [0.1, 0.15) is 34.1 Å². The molecule has 16 atom stereocenters. The van der Waals surface area contributed by atoms with E-state index in [9.17, 15) is 4.79 Å². The van der Waals surface area contributed by atoms with Crippen molar-refractivity contribution in [2.45, 2.75) is 185 Å². The van der Waals surface area contributed by atoms with Crippen molar-refractivity contribution in [2.24, 2.45) is 52.5 Å². The molecule has 4 saturated carbocycles. The minimum atomic E-state index is -0.811. The summed E-state index contributed by atoms with van der Waals surface area (Å²) < 4.78 is 20.0. The molecule has 0 unspecified atom stereocenters. The number of carbonyl (C=O) groups excluding carboxylic acids is 1. The van der Waals surface area contributed by atoms with Crippen LogP contribution in [-0.4, -0.2) is 64.3 Å². The summed E-state index contributed by atoms with van der Waals surface area (Å²) in [5.74, 6) is 2.63. The summed E-state index contributed by atoms with van der Waals surface area (Å²) in [5.41, 5.74) is -1.66. The number of ether oxygens (including phenoxy) is 3. The monoisotopic (exact) mass is 687 g/mol. The molecule has 2 spiro atoms. The second-order valence-electron chi connectivity index (χ2n) is 19.2. The van der Waals surface area contributed by atoms with Crippen LogP contribution in [0.2, 0.25) is 0 Å². The van der Waals surface area contributed by atoms with Crippen LogP contribution in [0.4, 0.5) is 4.79 Å². The maximum Gasteiger partial charge on any atom is 0.535 e. The first-order chi connectivity index (χ1) is 23.1. The van der Waals surface area contributed by atoms with Gasteiger partial charge in [0, 0.05) is 19.3 Å². The molecule has 6 saturated heterocycles. The van der Waals surface area contributed by atoms with Crippen LogP contribution in [0, 0.1) is 47.3 Å². The Morgan fingerprint density at radius 1 is 0.714 bits per heavy atom. The molecule has 10 nitrogen and oxygen atoms in total. The Morgan fingerprint density at radius 2 is 1.24 bits per heavy atom. The lowest BCUT2D eigenvalue weighted by Gasteiger charge is -2.62. The Labute approximate surface area is 292 Å². The number of fused-ring (bicyclic) bond motifs is 4. The third-order valence-corrected chi connectivity index (χ3v) is 14.9. The molecule has 4 bridgehead atoms. The van der Waals surface area contributed by atoms with Crippen molar-refractivity contribution in [3.8, 4) is 0 Å². The van der Waals surface area contributed by atoms with Crippen LogP contribution in [0.3, 0.4) is 0 Å². The normalized spacial score (nSPS) is 53.5. The van der Waals surface area contributed by atoms with Gasteiger partial charge >= 0.3 is 6.16 Å². The van der Waals surface area contributed by atoms with Crippen molar-refractivity contribution in [1.82, 2.24) is 0 Å². The van der Waals surface area contributed by atoms with E-state index in [1.165, 1.54) is 6.42 Å². The topological polar surface area (TPSA) is 103 Å². The van der Waals surface area contributed by atoms with E-state index in [-0.39, 0.29) is 47.8 Å². The highest BCUT2D eigenvalue weighted by Gasteiger charge is 2.70. The maximum atomic E-state index is 12.9. The molecule has 10 fully saturated rings. The van der Waals surface area contributed by atoms with Gasteiger partial charge < -0.3 is 14.2 Å². The van der Waals surface area contributed by atoms with E-state index in [0.717, 1.165) is 57.8 Å². The maximum absolute atomic E-state index is 12.9. The fraction of sp³-hybridized carbons (Fsp3) is 0.949. The third-order valence-electron chi connectivity index (χ3n) is 14.9. The van der Waals surface area contributed by atoms with E-state index in [0.29, 0.717) is 41.7 Å². The lowest BCUT2D eigenvalue weighted by atomic mass is 9.55. The zero-order valence-electron chi connectivity index (χ0n) is 31.3. The zero-order chi connectivity index (χ0) is 34.7. The van der Waals surface area contributed by atoms with Gasteiger partial charge in [-0.15, -0.1) is 0 Å². The molecule has 276 valence electrons. The highest BCUT2D eigenvalue weighted by atomic mass is 17.2. The van der Waals surface area contributed by atoms with Gasteiger partial charge in [0.25, 0.3) is 0 Å². The molecular formula is C39H61NO9. The summed E-state index contributed by atoms with van der Waals surface area (Å²) in [6.45, 7) is 19.1. The van der Waals surface area contributed by atoms with Crippen LogP contribution in [0.5, 0.6) is 0 Å². The fourth-order valence-electron chi connectivity index (χ4n) is 12.4. The zero-order valence-corrected chi connectivity index (χ0v) is 31.3. The van der Waals surface area contributed by atoms with Crippen molar-refractivity contribution in [3.05, 3.63) is 0 Å². The van der Waals surface area contributed by atoms with Crippen LogP contribution in [0.1, 0.15) is 133 Å². The molecule has 10 rings (SSSR count). The predicted molar refractivity (Wildman–Crippen MR) is 180 cm³/mol. The smallest absolute Gasteiger partial charge is 0.427 e. The van der Waals surface area contributed by atoms with Crippen LogP contribution in [0.15, 0.2) is 5.16 Å². The molecular weight excluding hydrogens is 626 g/mol. The average Bonchev–Trinajstić information content (AvgIpc) is 3.40. The van der Waals surface area contributed by atoms with E-state index >= 15 is 0 Å². The van der Waals surface area contributed by atoms with Crippen LogP contribution in [0.25, 0.3) is 0 Å². The van der Waals surface area contributed by atoms with Gasteiger partial charge in [-0.05, 0) is 133 Å². The van der Waals surface area contributed by atoms with Gasteiger partial charge in [0.15, 0.2) is 0 Å². The third kappa shape index (κ3) is 5.46. The highest BCUT2D eigenvalue weighted by Crippen LogP contribution is 2.63. The lowest BCUT2D eigenvalue weighted by Crippen LogP contribution is -2.71. The van der Waals surface area contributed by atoms with Crippen LogP contribution >= 0.6 is 0 Å². The first-order valence-electron chi connectivity index (χ1n) is 19.6. The average molecular weight is 688 g/mol. The largest absolute Gasteiger partial charge is 0.535 e. The summed E-state index contributed by atoms with van der Waals surface area (Å²) >= 11 is 0.